The van der Waals surface area contributed by atoms with E-state index in [0.29, 0.717) is 11.3 Å². The predicted molar refractivity (Wildman–Crippen MR) is 78.2 cm³/mol. The van der Waals surface area contributed by atoms with Crippen molar-refractivity contribution in [1.29, 1.82) is 0 Å². The summed E-state index contributed by atoms with van der Waals surface area (Å²) in [6, 6.07) is 6.63. The highest BCUT2D eigenvalue weighted by atomic mass is 35.5. The van der Waals surface area contributed by atoms with Gasteiger partial charge in [0.05, 0.1) is 17.2 Å². The minimum Gasteiger partial charge on any atom is -0.481 e. The van der Waals surface area contributed by atoms with Gasteiger partial charge in [-0.1, -0.05) is 41.4 Å². The van der Waals surface area contributed by atoms with Crippen LogP contribution in [-0.2, 0) is 20.8 Å². The van der Waals surface area contributed by atoms with E-state index in [-0.39, 0.29) is 22.2 Å². The third kappa shape index (κ3) is 3.32. The molecule has 0 saturated heterocycles. The number of carboxylic acid groups (broad SMARTS) is 1. The summed E-state index contributed by atoms with van der Waals surface area (Å²) in [6.07, 6.45) is 0.764. The van der Waals surface area contributed by atoms with Crippen LogP contribution in [0.25, 0.3) is 0 Å². The summed E-state index contributed by atoms with van der Waals surface area (Å²) in [5, 5.41) is 11.4. The molecule has 0 atom stereocenters. The average Bonchev–Trinajstić information content (AvgIpc) is 2.42. The first-order valence-corrected chi connectivity index (χ1v) is 6.58. The highest BCUT2D eigenvalue weighted by Crippen LogP contribution is 2.29. The SMILES string of the molecule is O=C(O)Cc1ccccc1NC1=C(Cl)C(=O)C(=O)C=C1Cl. The zero-order chi connectivity index (χ0) is 15.6. The number of ketones is 2. The maximum atomic E-state index is 11.6. The van der Waals surface area contributed by atoms with Gasteiger partial charge in [-0.05, 0) is 11.6 Å². The molecule has 5 nitrogen and oxygen atoms in total. The van der Waals surface area contributed by atoms with Gasteiger partial charge in [-0.2, -0.15) is 0 Å². The number of anilines is 1. The average molecular weight is 326 g/mol. The molecule has 0 fully saturated rings. The number of allylic oxidation sites excluding steroid dienone is 3. The first kappa shape index (κ1) is 15.3. The van der Waals surface area contributed by atoms with Crippen LogP contribution in [0, 0.1) is 0 Å². The van der Waals surface area contributed by atoms with Crippen LogP contribution >= 0.6 is 23.2 Å². The molecule has 21 heavy (non-hydrogen) atoms. The fourth-order valence-corrected chi connectivity index (χ4v) is 2.32. The van der Waals surface area contributed by atoms with E-state index in [2.05, 4.69) is 5.32 Å². The number of rotatable bonds is 4. The first-order valence-electron chi connectivity index (χ1n) is 5.83. The number of halogens is 2. The fourth-order valence-electron chi connectivity index (χ4n) is 1.79. The maximum absolute atomic E-state index is 11.6. The Morgan fingerprint density at radius 1 is 1.19 bits per heavy atom. The van der Waals surface area contributed by atoms with Crippen LogP contribution in [0.1, 0.15) is 5.56 Å². The van der Waals surface area contributed by atoms with Crippen molar-refractivity contribution in [2.45, 2.75) is 6.42 Å². The van der Waals surface area contributed by atoms with Crippen molar-refractivity contribution in [2.75, 3.05) is 5.32 Å². The number of hydrogen-bond donors (Lipinski definition) is 2. The number of carbonyl (C=O) groups is 3. The predicted octanol–water partition coefficient (Wildman–Crippen LogP) is 2.45. The minimum absolute atomic E-state index is 0.00488. The fraction of sp³-hybridized carbons (Fsp3) is 0.0714. The Kier molecular flexibility index (Phi) is 4.45. The lowest BCUT2D eigenvalue weighted by atomic mass is 10.1. The summed E-state index contributed by atoms with van der Waals surface area (Å²) in [5.41, 5.74) is 1.03. The summed E-state index contributed by atoms with van der Waals surface area (Å²) in [7, 11) is 0. The number of nitrogens with one attached hydrogen (secondary N) is 1. The second kappa shape index (κ2) is 6.11. The molecule has 0 heterocycles. The van der Waals surface area contributed by atoms with E-state index in [1.807, 2.05) is 0 Å². The summed E-state index contributed by atoms with van der Waals surface area (Å²) in [5.74, 6) is -2.66. The van der Waals surface area contributed by atoms with Gasteiger partial charge in [-0.25, -0.2) is 0 Å². The van der Waals surface area contributed by atoms with Gasteiger partial charge in [0.15, 0.2) is 0 Å². The van der Waals surface area contributed by atoms with Crippen LogP contribution < -0.4 is 5.32 Å². The lowest BCUT2D eigenvalue weighted by Gasteiger charge is -2.17. The molecule has 0 aliphatic heterocycles. The highest BCUT2D eigenvalue weighted by Gasteiger charge is 2.27. The Hall–Kier alpha value is -2.11. The molecule has 0 aromatic heterocycles. The van der Waals surface area contributed by atoms with Crippen LogP contribution in [0.3, 0.4) is 0 Å². The molecule has 0 amide bonds. The number of hydrogen-bond acceptors (Lipinski definition) is 4. The number of aliphatic carboxylic acids is 1. The molecule has 0 spiro atoms. The quantitative estimate of drug-likeness (QED) is 0.656. The lowest BCUT2D eigenvalue weighted by Crippen LogP contribution is -2.21. The number of para-hydroxylation sites is 1. The highest BCUT2D eigenvalue weighted by molar-refractivity contribution is 6.62. The molecular weight excluding hydrogens is 317 g/mol. The van der Waals surface area contributed by atoms with Crippen molar-refractivity contribution in [3.8, 4) is 0 Å². The smallest absolute Gasteiger partial charge is 0.307 e. The molecule has 2 N–H and O–H groups in total. The minimum atomic E-state index is -0.999. The molecule has 1 aromatic carbocycles. The maximum Gasteiger partial charge on any atom is 0.307 e. The van der Waals surface area contributed by atoms with Gasteiger partial charge in [0.25, 0.3) is 0 Å². The standard InChI is InChI=1S/C14H9Cl2NO4/c15-8-6-10(18)14(21)12(16)13(8)17-9-4-2-1-3-7(9)5-11(19)20/h1-4,6,17H,5H2,(H,19,20). The molecule has 0 saturated carbocycles. The van der Waals surface area contributed by atoms with Crippen molar-refractivity contribution in [3.05, 3.63) is 51.7 Å². The number of carboxylic acids is 1. The molecule has 7 heteroatoms. The van der Waals surface area contributed by atoms with Crippen molar-refractivity contribution in [3.63, 3.8) is 0 Å². The second-order valence-corrected chi connectivity index (χ2v) is 5.01. The van der Waals surface area contributed by atoms with E-state index in [1.165, 1.54) is 0 Å². The Balaban J connectivity index is 2.38. The number of Topliss-reactive ketones (excluding diaryl/α,β-unsaturated/α-hetero) is 1. The largest absolute Gasteiger partial charge is 0.481 e. The van der Waals surface area contributed by atoms with Gasteiger partial charge in [-0.3, -0.25) is 14.4 Å². The third-order valence-corrected chi connectivity index (χ3v) is 3.42. The summed E-state index contributed by atoms with van der Waals surface area (Å²) in [4.78, 5) is 33.7. The molecule has 2 rings (SSSR count). The zero-order valence-corrected chi connectivity index (χ0v) is 12.0. The van der Waals surface area contributed by atoms with E-state index in [1.54, 1.807) is 24.3 Å². The molecule has 0 unspecified atom stereocenters. The van der Waals surface area contributed by atoms with E-state index < -0.39 is 17.5 Å². The van der Waals surface area contributed by atoms with Gasteiger partial charge in [0.2, 0.25) is 11.6 Å². The van der Waals surface area contributed by atoms with Crippen LogP contribution in [0.4, 0.5) is 5.69 Å². The summed E-state index contributed by atoms with van der Waals surface area (Å²) < 4.78 is 0. The van der Waals surface area contributed by atoms with Crippen LogP contribution in [-0.4, -0.2) is 22.6 Å². The number of carbonyl (C=O) groups excluding carboxylic acids is 2. The number of benzene rings is 1. The van der Waals surface area contributed by atoms with E-state index in [9.17, 15) is 14.4 Å². The van der Waals surface area contributed by atoms with Gasteiger partial charge in [0.1, 0.15) is 5.03 Å². The van der Waals surface area contributed by atoms with E-state index >= 15 is 0 Å². The van der Waals surface area contributed by atoms with E-state index in [0.717, 1.165) is 6.08 Å². The summed E-state index contributed by atoms with van der Waals surface area (Å²) >= 11 is 11.7. The topological polar surface area (TPSA) is 83.5 Å². The molecular formula is C14H9Cl2NO4. The first-order chi connectivity index (χ1) is 9.90. The van der Waals surface area contributed by atoms with Crippen molar-refractivity contribution in [2.24, 2.45) is 0 Å². The monoisotopic (exact) mass is 325 g/mol. The Morgan fingerprint density at radius 2 is 1.86 bits per heavy atom. The van der Waals surface area contributed by atoms with Crippen molar-refractivity contribution < 1.29 is 19.5 Å². The van der Waals surface area contributed by atoms with Crippen LogP contribution in [0.15, 0.2) is 46.1 Å². The Morgan fingerprint density at radius 3 is 2.52 bits per heavy atom. The third-order valence-electron chi connectivity index (χ3n) is 2.76. The van der Waals surface area contributed by atoms with Crippen molar-refractivity contribution >= 4 is 46.4 Å². The molecule has 0 radical (unpaired) electrons. The Labute approximate surface area is 129 Å². The van der Waals surface area contributed by atoms with Gasteiger partial charge >= 0.3 is 5.97 Å². The molecule has 0 bridgehead atoms. The molecule has 1 aromatic rings. The van der Waals surface area contributed by atoms with Gasteiger partial charge < -0.3 is 10.4 Å². The zero-order valence-electron chi connectivity index (χ0n) is 10.5. The second-order valence-electron chi connectivity index (χ2n) is 4.23. The lowest BCUT2D eigenvalue weighted by molar-refractivity contribution is -0.136. The Bertz CT molecular complexity index is 707. The van der Waals surface area contributed by atoms with Gasteiger partial charge in [0, 0.05) is 11.8 Å². The van der Waals surface area contributed by atoms with Gasteiger partial charge in [-0.15, -0.1) is 0 Å². The molecule has 1 aliphatic carbocycles. The molecule has 108 valence electrons. The van der Waals surface area contributed by atoms with Crippen molar-refractivity contribution in [1.82, 2.24) is 0 Å². The molecule has 1 aliphatic rings. The van der Waals surface area contributed by atoms with Crippen LogP contribution in [0.2, 0.25) is 0 Å². The summed E-state index contributed by atoms with van der Waals surface area (Å²) in [6.45, 7) is 0. The normalized spacial score (nSPS) is 15.0. The van der Waals surface area contributed by atoms with Crippen LogP contribution in [0.5, 0.6) is 0 Å². The van der Waals surface area contributed by atoms with E-state index in [4.69, 9.17) is 28.3 Å².